The summed E-state index contributed by atoms with van der Waals surface area (Å²) >= 11 is 1.91. The van der Waals surface area contributed by atoms with Crippen LogP contribution in [0.3, 0.4) is 0 Å². The van der Waals surface area contributed by atoms with Crippen molar-refractivity contribution in [1.82, 2.24) is 30.6 Å². The van der Waals surface area contributed by atoms with Crippen molar-refractivity contribution in [3.8, 4) is 0 Å². The SMILES string of the molecule is O=C(CCCC[C@@H]1SC[C@@H]2NC(=O)N[C@@H]21)Cc1ccc(Nc2nc(N/N=C/c3c[nH]c4ccccc34)nc(N3CCOCC3)n2)cc1. The van der Waals surface area contributed by atoms with E-state index < -0.39 is 0 Å². The molecule has 3 saturated heterocycles. The van der Waals surface area contributed by atoms with Crippen LogP contribution in [-0.4, -0.2) is 87.4 Å². The number of ketones is 1. The molecule has 244 valence electrons. The molecule has 3 atom stereocenters. The number of thioether (sulfide) groups is 1. The van der Waals surface area contributed by atoms with E-state index in [0.29, 0.717) is 62.2 Å². The number of unbranched alkanes of at least 4 members (excludes halogenated alkanes) is 1. The van der Waals surface area contributed by atoms with Crippen LogP contribution in [0.25, 0.3) is 10.9 Å². The third-order valence-electron chi connectivity index (χ3n) is 8.65. The van der Waals surface area contributed by atoms with Crippen molar-refractivity contribution in [2.45, 2.75) is 49.4 Å². The number of hydrazone groups is 1. The number of nitrogens with zero attached hydrogens (tertiary/aromatic N) is 5. The van der Waals surface area contributed by atoms with Gasteiger partial charge in [-0.15, -0.1) is 0 Å². The van der Waals surface area contributed by atoms with Crippen LogP contribution >= 0.6 is 11.8 Å². The maximum absolute atomic E-state index is 12.7. The molecule has 3 fully saturated rings. The predicted octanol–water partition coefficient (Wildman–Crippen LogP) is 4.22. The minimum atomic E-state index is -0.0580. The molecule has 5 N–H and O–H groups in total. The number of hydrogen-bond acceptors (Lipinski definition) is 11. The molecule has 2 aromatic heterocycles. The number of morpholine rings is 1. The van der Waals surface area contributed by atoms with Gasteiger partial charge in [-0.3, -0.25) is 4.79 Å². The Morgan fingerprint density at radius 3 is 2.74 bits per heavy atom. The topological polar surface area (TPSA) is 162 Å². The van der Waals surface area contributed by atoms with Gasteiger partial charge in [0, 0.05) is 65.3 Å². The number of anilines is 4. The smallest absolute Gasteiger partial charge is 0.315 e. The second kappa shape index (κ2) is 14.4. The molecule has 47 heavy (non-hydrogen) atoms. The second-order valence-electron chi connectivity index (χ2n) is 11.9. The number of nitrogens with one attached hydrogen (secondary N) is 5. The highest BCUT2D eigenvalue weighted by atomic mass is 32.2. The molecule has 0 bridgehead atoms. The molecule has 3 aliphatic heterocycles. The summed E-state index contributed by atoms with van der Waals surface area (Å²) in [6, 6.07) is 16.2. The summed E-state index contributed by atoms with van der Waals surface area (Å²) in [5.41, 5.74) is 6.73. The molecule has 3 aliphatic rings. The van der Waals surface area contributed by atoms with Crippen molar-refractivity contribution in [3.63, 3.8) is 0 Å². The summed E-state index contributed by atoms with van der Waals surface area (Å²) in [6.07, 6.45) is 7.47. The summed E-state index contributed by atoms with van der Waals surface area (Å²) in [5.74, 6) is 2.43. The van der Waals surface area contributed by atoms with Crippen LogP contribution in [0, 0.1) is 0 Å². The van der Waals surface area contributed by atoms with Crippen LogP contribution in [0.15, 0.2) is 59.8 Å². The number of aromatic nitrogens is 4. The minimum Gasteiger partial charge on any atom is -0.378 e. The van der Waals surface area contributed by atoms with Crippen molar-refractivity contribution in [2.75, 3.05) is 47.7 Å². The number of H-pyrrole nitrogens is 1. The number of Topliss-reactive ketones (excluding diaryl/α,β-unsaturated/α-hetero) is 1. The summed E-state index contributed by atoms with van der Waals surface area (Å²) in [4.78, 5) is 43.5. The molecule has 2 aromatic carbocycles. The molecular weight excluding hydrogens is 616 g/mol. The third-order valence-corrected chi connectivity index (χ3v) is 10.2. The number of fused-ring (bicyclic) bond motifs is 2. The molecule has 0 spiro atoms. The van der Waals surface area contributed by atoms with Gasteiger partial charge in [0.25, 0.3) is 0 Å². The number of hydrogen-bond donors (Lipinski definition) is 5. The first-order valence-corrected chi connectivity index (χ1v) is 17.1. The largest absolute Gasteiger partial charge is 0.378 e. The lowest BCUT2D eigenvalue weighted by Gasteiger charge is -2.27. The maximum atomic E-state index is 12.7. The predicted molar refractivity (Wildman–Crippen MR) is 185 cm³/mol. The Bertz CT molecular complexity index is 1740. The van der Waals surface area contributed by atoms with Gasteiger partial charge in [0.1, 0.15) is 5.78 Å². The molecule has 7 rings (SSSR count). The number of carbonyl (C=O) groups excluding carboxylic acids is 2. The van der Waals surface area contributed by atoms with Crippen molar-refractivity contribution >= 4 is 64.2 Å². The van der Waals surface area contributed by atoms with E-state index in [2.05, 4.69) is 51.3 Å². The van der Waals surface area contributed by atoms with Crippen molar-refractivity contribution < 1.29 is 14.3 Å². The summed E-state index contributed by atoms with van der Waals surface area (Å²) in [5, 5.41) is 15.2. The fourth-order valence-corrected chi connectivity index (χ4v) is 7.74. The van der Waals surface area contributed by atoms with Crippen LogP contribution < -0.4 is 26.3 Å². The molecule has 0 unspecified atom stereocenters. The lowest BCUT2D eigenvalue weighted by atomic mass is 10.0. The van der Waals surface area contributed by atoms with Gasteiger partial charge < -0.3 is 30.6 Å². The Kier molecular flexibility index (Phi) is 9.47. The van der Waals surface area contributed by atoms with Crippen LogP contribution in [-0.2, 0) is 16.0 Å². The van der Waals surface area contributed by atoms with Crippen molar-refractivity contribution in [1.29, 1.82) is 0 Å². The first kappa shape index (κ1) is 30.9. The molecular formula is C33H38N10O3S. The van der Waals surface area contributed by atoms with Crippen LogP contribution in [0.4, 0.5) is 28.3 Å². The summed E-state index contributed by atoms with van der Waals surface area (Å²) < 4.78 is 5.51. The monoisotopic (exact) mass is 654 g/mol. The molecule has 0 aliphatic carbocycles. The molecule has 2 amide bonds. The number of rotatable bonds is 13. The van der Waals surface area contributed by atoms with Gasteiger partial charge in [0.2, 0.25) is 17.8 Å². The second-order valence-corrected chi connectivity index (χ2v) is 13.2. The fourth-order valence-electron chi connectivity index (χ4n) is 6.20. The number of amides is 2. The van der Waals surface area contributed by atoms with Crippen LogP contribution in [0.5, 0.6) is 0 Å². The lowest BCUT2D eigenvalue weighted by Crippen LogP contribution is -2.37. The first-order chi connectivity index (χ1) is 23.1. The molecule has 13 nitrogen and oxygen atoms in total. The summed E-state index contributed by atoms with van der Waals surface area (Å²) in [6.45, 7) is 2.57. The van der Waals surface area contributed by atoms with E-state index in [-0.39, 0.29) is 23.9 Å². The zero-order valence-corrected chi connectivity index (χ0v) is 26.8. The summed E-state index contributed by atoms with van der Waals surface area (Å²) in [7, 11) is 0. The van der Waals surface area contributed by atoms with E-state index in [1.807, 2.05) is 66.5 Å². The fraction of sp³-hybridized carbons (Fsp3) is 0.394. The molecule has 14 heteroatoms. The number of carbonyl (C=O) groups is 2. The highest BCUT2D eigenvalue weighted by molar-refractivity contribution is 8.00. The zero-order valence-electron chi connectivity index (χ0n) is 25.9. The normalized spacial score (nSPS) is 20.7. The Balaban J connectivity index is 0.939. The first-order valence-electron chi connectivity index (χ1n) is 16.1. The van der Waals surface area contributed by atoms with E-state index in [0.717, 1.165) is 52.7 Å². The Morgan fingerprint density at radius 2 is 1.87 bits per heavy atom. The number of aromatic amines is 1. The maximum Gasteiger partial charge on any atom is 0.315 e. The average Bonchev–Trinajstić information content (AvgIpc) is 3.79. The van der Waals surface area contributed by atoms with Gasteiger partial charge in [0.15, 0.2) is 0 Å². The molecule has 0 radical (unpaired) electrons. The Labute approximate surface area is 276 Å². The Morgan fingerprint density at radius 1 is 1.04 bits per heavy atom. The van der Waals surface area contributed by atoms with E-state index in [1.54, 1.807) is 6.21 Å². The van der Waals surface area contributed by atoms with Gasteiger partial charge in [-0.05, 0) is 36.6 Å². The minimum absolute atomic E-state index is 0.0580. The van der Waals surface area contributed by atoms with E-state index in [4.69, 9.17) is 4.74 Å². The lowest BCUT2D eigenvalue weighted by molar-refractivity contribution is -0.118. The third kappa shape index (κ3) is 7.66. The molecule has 0 saturated carbocycles. The zero-order chi connectivity index (χ0) is 32.0. The van der Waals surface area contributed by atoms with Crippen molar-refractivity contribution in [3.05, 3.63) is 65.9 Å². The van der Waals surface area contributed by atoms with Gasteiger partial charge in [0.05, 0.1) is 31.5 Å². The highest BCUT2D eigenvalue weighted by Crippen LogP contribution is 2.33. The Hall–Kier alpha value is -4.69. The van der Waals surface area contributed by atoms with Crippen molar-refractivity contribution in [2.24, 2.45) is 5.10 Å². The van der Waals surface area contributed by atoms with Gasteiger partial charge in [-0.1, -0.05) is 36.8 Å². The number of ether oxygens (including phenoxy) is 1. The van der Waals surface area contributed by atoms with Crippen LogP contribution in [0.1, 0.15) is 36.8 Å². The van der Waals surface area contributed by atoms with E-state index >= 15 is 0 Å². The van der Waals surface area contributed by atoms with Crippen LogP contribution in [0.2, 0.25) is 0 Å². The van der Waals surface area contributed by atoms with E-state index in [9.17, 15) is 9.59 Å². The van der Waals surface area contributed by atoms with Gasteiger partial charge in [-0.25, -0.2) is 10.2 Å². The number of benzene rings is 2. The van der Waals surface area contributed by atoms with Gasteiger partial charge >= 0.3 is 6.03 Å². The van der Waals surface area contributed by atoms with Gasteiger partial charge in [-0.2, -0.15) is 31.8 Å². The molecule has 5 heterocycles. The van der Waals surface area contributed by atoms with E-state index in [1.165, 1.54) is 0 Å². The quantitative estimate of drug-likeness (QED) is 0.0611. The molecule has 4 aromatic rings. The standard InChI is InChI=1S/C33H38N10O3S/c44-24(5-1-4-8-28-29-27(20-47-28)37-33(45)38-29)17-21-9-11-23(12-10-21)36-30-39-31(41-32(40-30)43-13-15-46-16-14-43)42-35-19-22-18-34-26-7-3-2-6-25(22)26/h2-3,6-7,9-12,18-19,27-29,34H,1,4-5,8,13-17,20H2,(H2,37,38,45)(H2,36,39,40,41,42)/b35-19+/t27-,28-,29-/m0/s1. The average molecular weight is 655 g/mol. The highest BCUT2D eigenvalue weighted by Gasteiger charge is 2.42. The number of urea groups is 1. The number of para-hydroxylation sites is 1.